The molecule has 4 heterocycles. The first-order valence-corrected chi connectivity index (χ1v) is 19.3. The van der Waals surface area contributed by atoms with E-state index in [1.54, 1.807) is 0 Å². The summed E-state index contributed by atoms with van der Waals surface area (Å²) in [5, 5.41) is 7.51. The molecule has 0 saturated heterocycles. The van der Waals surface area contributed by atoms with Crippen LogP contribution in [0.2, 0.25) is 0 Å². The number of rotatable bonds is 5. The van der Waals surface area contributed by atoms with Crippen LogP contribution in [0.3, 0.4) is 0 Å². The van der Waals surface area contributed by atoms with Crippen LogP contribution in [0.15, 0.2) is 191 Å². The molecule has 12 aromatic rings. The zero-order valence-corrected chi connectivity index (χ0v) is 30.9. The molecule has 58 heavy (non-hydrogen) atoms. The minimum absolute atomic E-state index is 0.549. The minimum atomic E-state index is 0.549. The van der Waals surface area contributed by atoms with E-state index in [4.69, 9.17) is 28.8 Å². The molecule has 0 bridgehead atoms. The highest BCUT2D eigenvalue weighted by Crippen LogP contribution is 2.42. The van der Waals surface area contributed by atoms with Crippen molar-refractivity contribution in [3.05, 3.63) is 182 Å². The van der Waals surface area contributed by atoms with E-state index in [1.807, 2.05) is 78.9 Å². The number of hydrogen-bond donors (Lipinski definition) is 0. The molecule has 0 N–H and O–H groups in total. The van der Waals surface area contributed by atoms with Crippen molar-refractivity contribution in [3.63, 3.8) is 0 Å². The third-order valence-electron chi connectivity index (χ3n) is 11.1. The van der Waals surface area contributed by atoms with Gasteiger partial charge in [-0.3, -0.25) is 0 Å². The Balaban J connectivity index is 1.06. The number of para-hydroxylation sites is 3. The molecule has 270 valence electrons. The van der Waals surface area contributed by atoms with Crippen molar-refractivity contribution in [2.45, 2.75) is 0 Å². The second-order valence-corrected chi connectivity index (χ2v) is 14.6. The van der Waals surface area contributed by atoms with Gasteiger partial charge in [0.2, 0.25) is 0 Å². The number of fused-ring (bicyclic) bond motifs is 10. The minimum Gasteiger partial charge on any atom is -0.456 e. The topological polar surface area (TPSA) is 77.8 Å². The fraction of sp³-hybridized carbons (Fsp3) is 0. The summed E-state index contributed by atoms with van der Waals surface area (Å²) in [5.41, 5.74) is 10.9. The van der Waals surface area contributed by atoms with Gasteiger partial charge in [-0.1, -0.05) is 133 Å². The maximum atomic E-state index is 6.44. The van der Waals surface area contributed by atoms with Crippen molar-refractivity contribution >= 4 is 65.6 Å². The summed E-state index contributed by atoms with van der Waals surface area (Å²) in [6.07, 6.45) is 0. The van der Waals surface area contributed by atoms with Gasteiger partial charge in [0, 0.05) is 54.4 Å². The van der Waals surface area contributed by atoms with Gasteiger partial charge in [-0.2, -0.15) is 0 Å². The fourth-order valence-corrected chi connectivity index (χ4v) is 8.41. The maximum absolute atomic E-state index is 6.44. The summed E-state index contributed by atoms with van der Waals surface area (Å²) in [6.45, 7) is 0. The van der Waals surface area contributed by atoms with Crippen LogP contribution in [-0.4, -0.2) is 19.9 Å². The molecular weight excluding hydrogens is 713 g/mol. The number of benzene rings is 8. The molecule has 8 aromatic carbocycles. The fourth-order valence-electron chi connectivity index (χ4n) is 8.41. The first kappa shape index (κ1) is 32.3. The van der Waals surface area contributed by atoms with E-state index in [0.29, 0.717) is 17.5 Å². The smallest absolute Gasteiger partial charge is 0.167 e. The van der Waals surface area contributed by atoms with Gasteiger partial charge in [0.05, 0.1) is 16.8 Å². The van der Waals surface area contributed by atoms with E-state index in [9.17, 15) is 0 Å². The molecule has 4 aromatic heterocycles. The zero-order chi connectivity index (χ0) is 38.2. The molecule has 0 saturated carbocycles. The molecule has 0 aliphatic heterocycles. The lowest BCUT2D eigenvalue weighted by atomic mass is 9.94. The summed E-state index contributed by atoms with van der Waals surface area (Å²) in [4.78, 5) is 20.5. The van der Waals surface area contributed by atoms with Crippen molar-refractivity contribution in [2.24, 2.45) is 0 Å². The van der Waals surface area contributed by atoms with Crippen LogP contribution < -0.4 is 0 Å². The average molecular weight is 743 g/mol. The highest BCUT2D eigenvalue weighted by Gasteiger charge is 2.20. The van der Waals surface area contributed by atoms with Crippen LogP contribution in [0.5, 0.6) is 0 Å². The maximum Gasteiger partial charge on any atom is 0.167 e. The van der Waals surface area contributed by atoms with Crippen LogP contribution in [0.1, 0.15) is 0 Å². The second kappa shape index (κ2) is 12.8. The van der Waals surface area contributed by atoms with Gasteiger partial charge in [-0.05, 0) is 59.7 Å². The molecule has 0 aliphatic carbocycles. The molecule has 12 rings (SSSR count). The van der Waals surface area contributed by atoms with Gasteiger partial charge in [-0.25, -0.2) is 19.9 Å². The highest BCUT2D eigenvalue weighted by molar-refractivity contribution is 6.28. The van der Waals surface area contributed by atoms with Gasteiger partial charge in [0.1, 0.15) is 22.3 Å². The lowest BCUT2D eigenvalue weighted by Crippen LogP contribution is -2.00. The molecule has 6 nitrogen and oxygen atoms in total. The first-order chi connectivity index (χ1) is 28.7. The average Bonchev–Trinajstić information content (AvgIpc) is 3.88. The van der Waals surface area contributed by atoms with Gasteiger partial charge in [0.25, 0.3) is 0 Å². The lowest BCUT2D eigenvalue weighted by Gasteiger charge is -2.13. The number of aromatic nitrogens is 4. The summed E-state index contributed by atoms with van der Waals surface area (Å²) >= 11 is 0. The molecule has 0 spiro atoms. The van der Waals surface area contributed by atoms with Crippen molar-refractivity contribution in [3.8, 4) is 56.5 Å². The molecule has 6 heteroatoms. The van der Waals surface area contributed by atoms with Crippen molar-refractivity contribution in [2.75, 3.05) is 0 Å². The Kier molecular flexibility index (Phi) is 7.13. The van der Waals surface area contributed by atoms with E-state index in [2.05, 4.69) is 103 Å². The molecule has 0 atom stereocenters. The molecule has 0 aliphatic rings. The highest BCUT2D eigenvalue weighted by atomic mass is 16.3. The Morgan fingerprint density at radius 2 is 0.931 bits per heavy atom. The second-order valence-electron chi connectivity index (χ2n) is 14.6. The Labute approximate surface area is 331 Å². The van der Waals surface area contributed by atoms with Crippen LogP contribution in [0.4, 0.5) is 0 Å². The third-order valence-corrected chi connectivity index (χ3v) is 11.1. The van der Waals surface area contributed by atoms with Crippen LogP contribution in [0.25, 0.3) is 122 Å². The van der Waals surface area contributed by atoms with Gasteiger partial charge < -0.3 is 8.83 Å². The third kappa shape index (κ3) is 5.12. The summed E-state index contributed by atoms with van der Waals surface area (Å²) < 4.78 is 12.8. The largest absolute Gasteiger partial charge is 0.456 e. The Morgan fingerprint density at radius 3 is 1.76 bits per heavy atom. The van der Waals surface area contributed by atoms with E-state index in [-0.39, 0.29) is 0 Å². The van der Waals surface area contributed by atoms with E-state index >= 15 is 0 Å². The zero-order valence-electron chi connectivity index (χ0n) is 30.9. The van der Waals surface area contributed by atoms with E-state index in [0.717, 1.165) is 105 Å². The number of pyridine rings is 1. The van der Waals surface area contributed by atoms with Gasteiger partial charge in [0.15, 0.2) is 17.5 Å². The molecule has 0 radical (unpaired) electrons. The van der Waals surface area contributed by atoms with Gasteiger partial charge >= 0.3 is 0 Å². The standard InChI is InChI=1S/C52H30N4O2/c1-3-13-31(14-4-1)48-39-26-28-45-47(38-20-8-10-24-44(38)57-45)46(39)41-30-34(25-27-42(41)53-48)33-17-11-18-35(29-33)51-54-50(32-15-5-2-6-16-32)55-52(56-51)40-22-12-21-37-36-19-7-9-23-43(36)58-49(37)40/h1-30H. The molecular formula is C52H30N4O2. The molecule has 0 fully saturated rings. The molecule has 0 unspecified atom stereocenters. The SMILES string of the molecule is c1ccc(-c2nc(-c3cccc(-c4ccc5nc(-c6ccccc6)c6ccc7oc8ccccc8c7c6c5c4)c3)nc(-c3cccc4c3oc3ccccc34)n2)cc1. The predicted molar refractivity (Wildman–Crippen MR) is 234 cm³/mol. The van der Waals surface area contributed by atoms with Crippen molar-refractivity contribution in [1.82, 2.24) is 19.9 Å². The molecule has 0 amide bonds. The summed E-state index contributed by atoms with van der Waals surface area (Å²) in [5.74, 6) is 1.71. The van der Waals surface area contributed by atoms with Crippen molar-refractivity contribution in [1.29, 1.82) is 0 Å². The Morgan fingerprint density at radius 1 is 0.310 bits per heavy atom. The van der Waals surface area contributed by atoms with Crippen LogP contribution >= 0.6 is 0 Å². The lowest BCUT2D eigenvalue weighted by molar-refractivity contribution is 0.669. The van der Waals surface area contributed by atoms with Crippen LogP contribution in [-0.2, 0) is 0 Å². The first-order valence-electron chi connectivity index (χ1n) is 19.3. The monoisotopic (exact) mass is 742 g/mol. The number of furan rings is 2. The quantitative estimate of drug-likeness (QED) is 0.163. The number of nitrogens with zero attached hydrogens (tertiary/aromatic N) is 4. The van der Waals surface area contributed by atoms with Gasteiger partial charge in [-0.15, -0.1) is 0 Å². The van der Waals surface area contributed by atoms with Crippen LogP contribution in [0, 0.1) is 0 Å². The number of hydrogen-bond acceptors (Lipinski definition) is 6. The Hall–Kier alpha value is -7.96. The normalized spacial score (nSPS) is 11.8. The summed E-state index contributed by atoms with van der Waals surface area (Å²) in [7, 11) is 0. The Bertz CT molecular complexity index is 3570. The van der Waals surface area contributed by atoms with E-state index < -0.39 is 0 Å². The predicted octanol–water partition coefficient (Wildman–Crippen LogP) is 13.7. The summed E-state index contributed by atoms with van der Waals surface area (Å²) in [6, 6.07) is 62.1. The van der Waals surface area contributed by atoms with E-state index in [1.165, 1.54) is 0 Å². The van der Waals surface area contributed by atoms with Crippen molar-refractivity contribution < 1.29 is 8.83 Å².